The van der Waals surface area contributed by atoms with Crippen LogP contribution in [-0.2, 0) is 13.7 Å². The summed E-state index contributed by atoms with van der Waals surface area (Å²) in [6, 6.07) is 11.1. The zero-order valence-corrected chi connectivity index (χ0v) is 13.1. The molecular formula is C17H21N3O3. The third-order valence-corrected chi connectivity index (χ3v) is 3.36. The Labute approximate surface area is 134 Å². The lowest BCUT2D eigenvalue weighted by Gasteiger charge is -2.12. The van der Waals surface area contributed by atoms with Crippen LogP contribution in [0.15, 0.2) is 47.4 Å². The number of nitrogens with two attached hydrogens (primary N) is 1. The Morgan fingerprint density at radius 2 is 2.00 bits per heavy atom. The molecule has 0 aliphatic carbocycles. The molecule has 1 aromatic heterocycles. The van der Waals surface area contributed by atoms with Crippen molar-refractivity contribution in [3.05, 3.63) is 64.1 Å². The maximum Gasteiger partial charge on any atom is 0.293 e. The number of carbonyl (C=O) groups excluding carboxylic acids is 1. The predicted octanol–water partition coefficient (Wildman–Crippen LogP) is 1.04. The first-order valence-corrected chi connectivity index (χ1v) is 7.48. The van der Waals surface area contributed by atoms with Gasteiger partial charge in [-0.25, -0.2) is 0 Å². The molecule has 0 spiro atoms. The number of aromatic nitrogens is 1. The minimum absolute atomic E-state index is 0.0594. The van der Waals surface area contributed by atoms with Gasteiger partial charge in [-0.15, -0.1) is 0 Å². The van der Waals surface area contributed by atoms with Crippen molar-refractivity contribution in [3.8, 4) is 5.75 Å². The Hall–Kier alpha value is -2.60. The van der Waals surface area contributed by atoms with E-state index in [0.29, 0.717) is 19.5 Å². The normalized spacial score (nSPS) is 10.3. The van der Waals surface area contributed by atoms with Gasteiger partial charge in [-0.1, -0.05) is 30.3 Å². The first kappa shape index (κ1) is 16.8. The zero-order valence-electron chi connectivity index (χ0n) is 13.1. The van der Waals surface area contributed by atoms with Crippen LogP contribution in [0.3, 0.4) is 0 Å². The van der Waals surface area contributed by atoms with Gasteiger partial charge in [0.15, 0.2) is 5.75 Å². The van der Waals surface area contributed by atoms with Gasteiger partial charge in [-0.2, -0.15) is 0 Å². The summed E-state index contributed by atoms with van der Waals surface area (Å²) in [6.45, 7) is 1.18. The number of pyridine rings is 1. The lowest BCUT2D eigenvalue weighted by atomic mass is 10.2. The number of amides is 1. The molecule has 6 nitrogen and oxygen atoms in total. The number of hydrogen-bond acceptors (Lipinski definition) is 4. The fraction of sp³-hybridized carbons (Fsp3) is 0.294. The Morgan fingerprint density at radius 3 is 2.70 bits per heavy atom. The summed E-state index contributed by atoms with van der Waals surface area (Å²) in [4.78, 5) is 24.5. The lowest BCUT2D eigenvalue weighted by molar-refractivity contribution is 0.0948. The van der Waals surface area contributed by atoms with Gasteiger partial charge in [0, 0.05) is 19.8 Å². The SMILES string of the molecule is Cn1ccc(C(=O)NCCCN)c(OCc2ccccc2)c1=O. The highest BCUT2D eigenvalue weighted by molar-refractivity contribution is 5.96. The van der Waals surface area contributed by atoms with Gasteiger partial charge in [0.1, 0.15) is 6.61 Å². The molecule has 23 heavy (non-hydrogen) atoms. The van der Waals surface area contributed by atoms with Crippen molar-refractivity contribution < 1.29 is 9.53 Å². The van der Waals surface area contributed by atoms with Gasteiger partial charge < -0.3 is 20.4 Å². The highest BCUT2D eigenvalue weighted by atomic mass is 16.5. The van der Waals surface area contributed by atoms with Crippen LogP contribution in [0.2, 0.25) is 0 Å². The first-order valence-electron chi connectivity index (χ1n) is 7.48. The standard InChI is InChI=1S/C17H21N3O3/c1-20-11-8-14(16(21)19-10-5-9-18)15(17(20)22)23-12-13-6-3-2-4-7-13/h2-4,6-8,11H,5,9-10,12,18H2,1H3,(H,19,21). The Morgan fingerprint density at radius 1 is 1.26 bits per heavy atom. The van der Waals surface area contributed by atoms with Gasteiger partial charge in [-0.05, 0) is 24.6 Å². The summed E-state index contributed by atoms with van der Waals surface area (Å²) < 4.78 is 7.03. The number of ether oxygens (including phenoxy) is 1. The summed E-state index contributed by atoms with van der Waals surface area (Å²) in [5.41, 5.74) is 6.23. The summed E-state index contributed by atoms with van der Waals surface area (Å²) in [5.74, 6) is -0.275. The molecular weight excluding hydrogens is 294 g/mol. The molecule has 0 aliphatic rings. The highest BCUT2D eigenvalue weighted by Crippen LogP contribution is 2.14. The van der Waals surface area contributed by atoms with E-state index in [1.807, 2.05) is 30.3 Å². The van der Waals surface area contributed by atoms with Crippen molar-refractivity contribution in [2.75, 3.05) is 13.1 Å². The second-order valence-electron chi connectivity index (χ2n) is 5.15. The van der Waals surface area contributed by atoms with E-state index < -0.39 is 0 Å². The molecule has 1 amide bonds. The molecule has 1 aromatic carbocycles. The average Bonchev–Trinajstić information content (AvgIpc) is 2.57. The molecule has 6 heteroatoms. The van der Waals surface area contributed by atoms with Crippen LogP contribution in [0.4, 0.5) is 0 Å². The fourth-order valence-corrected chi connectivity index (χ4v) is 2.05. The molecule has 0 radical (unpaired) electrons. The van der Waals surface area contributed by atoms with Crippen molar-refractivity contribution in [1.29, 1.82) is 0 Å². The summed E-state index contributed by atoms with van der Waals surface area (Å²) in [5, 5.41) is 2.74. The molecule has 0 fully saturated rings. The smallest absolute Gasteiger partial charge is 0.293 e. The Balaban J connectivity index is 2.20. The second kappa shape index (κ2) is 8.14. The van der Waals surface area contributed by atoms with E-state index in [1.165, 1.54) is 4.57 Å². The molecule has 0 atom stereocenters. The van der Waals surface area contributed by atoms with Gasteiger partial charge in [0.2, 0.25) is 0 Å². The molecule has 3 N–H and O–H groups in total. The number of nitrogens with one attached hydrogen (secondary N) is 1. The van der Waals surface area contributed by atoms with Crippen LogP contribution in [0.25, 0.3) is 0 Å². The predicted molar refractivity (Wildman–Crippen MR) is 88.5 cm³/mol. The van der Waals surface area contributed by atoms with Crippen molar-refractivity contribution >= 4 is 5.91 Å². The molecule has 2 rings (SSSR count). The lowest BCUT2D eigenvalue weighted by Crippen LogP contribution is -2.29. The summed E-state index contributed by atoms with van der Waals surface area (Å²) >= 11 is 0. The molecule has 1 heterocycles. The molecule has 0 unspecified atom stereocenters. The molecule has 2 aromatic rings. The van der Waals surface area contributed by atoms with Crippen LogP contribution in [0, 0.1) is 0 Å². The Kier molecular flexibility index (Phi) is 5.94. The maximum atomic E-state index is 12.3. The van der Waals surface area contributed by atoms with Crippen LogP contribution >= 0.6 is 0 Å². The third-order valence-electron chi connectivity index (χ3n) is 3.36. The molecule has 0 bridgehead atoms. The largest absolute Gasteiger partial charge is 0.482 e. The van der Waals surface area contributed by atoms with E-state index in [0.717, 1.165) is 5.56 Å². The minimum Gasteiger partial charge on any atom is -0.482 e. The average molecular weight is 315 g/mol. The highest BCUT2D eigenvalue weighted by Gasteiger charge is 2.17. The second-order valence-corrected chi connectivity index (χ2v) is 5.15. The quantitative estimate of drug-likeness (QED) is 0.748. The zero-order chi connectivity index (χ0) is 16.7. The molecule has 122 valence electrons. The van der Waals surface area contributed by atoms with Gasteiger partial charge in [0.25, 0.3) is 11.5 Å². The summed E-state index contributed by atoms with van der Waals surface area (Å²) in [7, 11) is 1.62. The van der Waals surface area contributed by atoms with Crippen LogP contribution < -0.4 is 21.3 Å². The number of carbonyl (C=O) groups is 1. The molecule has 0 aliphatic heterocycles. The van der Waals surface area contributed by atoms with E-state index in [9.17, 15) is 9.59 Å². The van der Waals surface area contributed by atoms with Crippen LogP contribution in [0.5, 0.6) is 5.75 Å². The van der Waals surface area contributed by atoms with Gasteiger partial charge in [-0.3, -0.25) is 9.59 Å². The van der Waals surface area contributed by atoms with E-state index in [2.05, 4.69) is 5.32 Å². The number of nitrogens with zero attached hydrogens (tertiary/aromatic N) is 1. The van der Waals surface area contributed by atoms with E-state index in [1.54, 1.807) is 19.3 Å². The van der Waals surface area contributed by atoms with E-state index >= 15 is 0 Å². The maximum absolute atomic E-state index is 12.3. The number of hydrogen-bond donors (Lipinski definition) is 2. The minimum atomic E-state index is -0.340. The number of rotatable bonds is 7. The van der Waals surface area contributed by atoms with Crippen molar-refractivity contribution in [3.63, 3.8) is 0 Å². The molecule has 0 saturated heterocycles. The van der Waals surface area contributed by atoms with Crippen molar-refractivity contribution in [2.24, 2.45) is 12.8 Å². The molecule has 0 saturated carbocycles. The van der Waals surface area contributed by atoms with Gasteiger partial charge >= 0.3 is 0 Å². The van der Waals surface area contributed by atoms with Crippen LogP contribution in [-0.4, -0.2) is 23.6 Å². The van der Waals surface area contributed by atoms with Crippen LogP contribution in [0.1, 0.15) is 22.3 Å². The van der Waals surface area contributed by atoms with Gasteiger partial charge in [0.05, 0.1) is 5.56 Å². The Bertz CT molecular complexity index is 711. The topological polar surface area (TPSA) is 86.3 Å². The van der Waals surface area contributed by atoms with E-state index in [-0.39, 0.29) is 29.4 Å². The monoisotopic (exact) mass is 315 g/mol. The fourth-order valence-electron chi connectivity index (χ4n) is 2.05. The van der Waals surface area contributed by atoms with E-state index in [4.69, 9.17) is 10.5 Å². The number of benzene rings is 1. The number of aryl methyl sites for hydroxylation is 1. The van der Waals surface area contributed by atoms with Crippen molar-refractivity contribution in [1.82, 2.24) is 9.88 Å². The first-order chi connectivity index (χ1) is 11.1. The summed E-state index contributed by atoms with van der Waals surface area (Å²) in [6.07, 6.45) is 2.23. The third kappa shape index (κ3) is 4.43. The van der Waals surface area contributed by atoms with Crippen molar-refractivity contribution in [2.45, 2.75) is 13.0 Å².